The van der Waals surface area contributed by atoms with Crippen molar-refractivity contribution in [1.29, 1.82) is 0 Å². The van der Waals surface area contributed by atoms with Crippen molar-refractivity contribution in [2.24, 2.45) is 0 Å². The van der Waals surface area contributed by atoms with Gasteiger partial charge in [0.05, 0.1) is 38.8 Å². The van der Waals surface area contributed by atoms with E-state index in [9.17, 15) is 0 Å². The van der Waals surface area contributed by atoms with Crippen molar-refractivity contribution < 1.29 is 0 Å². The molecule has 7 aromatic carbocycles. The van der Waals surface area contributed by atoms with Gasteiger partial charge in [-0.2, -0.15) is 4.98 Å². The predicted octanol–water partition coefficient (Wildman–Crippen LogP) is 11.6. The molecule has 0 aliphatic heterocycles. The molecule has 0 saturated heterocycles. The van der Waals surface area contributed by atoms with E-state index in [1.807, 2.05) is 30.3 Å². The van der Waals surface area contributed by atoms with Gasteiger partial charge in [-0.1, -0.05) is 121 Å². The fourth-order valence-corrected chi connectivity index (χ4v) is 8.50. The zero-order valence-electron chi connectivity index (χ0n) is 28.8. The number of hydrogen-bond acceptors (Lipinski definition) is 4. The number of aromatic nitrogens is 6. The van der Waals surface area contributed by atoms with E-state index in [1.54, 1.807) is 0 Å². The number of hydrogen-bond donors (Lipinski definition) is 0. The first-order chi connectivity index (χ1) is 26.8. The van der Waals surface area contributed by atoms with Crippen LogP contribution >= 0.6 is 0 Å². The molecular formula is C48H28N6. The highest BCUT2D eigenvalue weighted by atomic mass is 15.2. The Hall–Kier alpha value is -7.44. The van der Waals surface area contributed by atoms with Gasteiger partial charge >= 0.3 is 0 Å². The SMILES string of the molecule is c1ccc(-c2nc3c4c(nc(-n5c6ccccc6c6cc(-c7ccc8c(c7)c7ccccc7n8-c7ccccc7)ccc65)nc4n2)-c2ccccc2-3)cc1. The van der Waals surface area contributed by atoms with Crippen molar-refractivity contribution in [1.82, 2.24) is 29.1 Å². The summed E-state index contributed by atoms with van der Waals surface area (Å²) in [6, 6.07) is 59.9. The van der Waals surface area contributed by atoms with E-state index in [4.69, 9.17) is 19.9 Å². The van der Waals surface area contributed by atoms with Gasteiger partial charge in [0.15, 0.2) is 11.5 Å². The molecule has 6 nitrogen and oxygen atoms in total. The van der Waals surface area contributed by atoms with Gasteiger partial charge in [-0.05, 0) is 59.7 Å². The van der Waals surface area contributed by atoms with Crippen molar-refractivity contribution in [2.45, 2.75) is 0 Å². The Morgan fingerprint density at radius 2 is 0.870 bits per heavy atom. The van der Waals surface area contributed by atoms with Crippen molar-refractivity contribution in [2.75, 3.05) is 0 Å². The molecule has 0 atom stereocenters. The second kappa shape index (κ2) is 11.0. The Bertz CT molecular complexity index is 3320. The van der Waals surface area contributed by atoms with Crippen molar-refractivity contribution in [3.05, 3.63) is 170 Å². The Morgan fingerprint density at radius 3 is 1.54 bits per heavy atom. The van der Waals surface area contributed by atoms with Gasteiger partial charge in [0.25, 0.3) is 0 Å². The Morgan fingerprint density at radius 1 is 0.352 bits per heavy atom. The normalized spacial score (nSPS) is 12.1. The van der Waals surface area contributed by atoms with E-state index < -0.39 is 0 Å². The summed E-state index contributed by atoms with van der Waals surface area (Å²) >= 11 is 0. The number of fused-ring (bicyclic) bond motifs is 9. The van der Waals surface area contributed by atoms with Crippen molar-refractivity contribution >= 4 is 54.6 Å². The third-order valence-corrected chi connectivity index (χ3v) is 10.9. The zero-order valence-corrected chi connectivity index (χ0v) is 28.8. The minimum absolute atomic E-state index is 0.590. The van der Waals surface area contributed by atoms with Gasteiger partial charge in [0, 0.05) is 43.9 Å². The molecule has 54 heavy (non-hydrogen) atoms. The predicted molar refractivity (Wildman–Crippen MR) is 219 cm³/mol. The van der Waals surface area contributed by atoms with E-state index >= 15 is 0 Å². The number of benzene rings is 7. The average Bonchev–Trinajstić information content (AvgIpc) is 3.87. The minimum atomic E-state index is 0.590. The van der Waals surface area contributed by atoms with Crippen LogP contribution < -0.4 is 0 Å². The minimum Gasteiger partial charge on any atom is -0.309 e. The Labute approximate surface area is 309 Å². The topological polar surface area (TPSA) is 61.4 Å². The van der Waals surface area contributed by atoms with E-state index in [0.717, 1.165) is 66.5 Å². The molecule has 6 heteroatoms. The quantitative estimate of drug-likeness (QED) is 0.185. The van der Waals surface area contributed by atoms with E-state index in [0.29, 0.717) is 17.4 Å². The number of para-hydroxylation sites is 3. The highest BCUT2D eigenvalue weighted by molar-refractivity contribution is 6.14. The van der Waals surface area contributed by atoms with Gasteiger partial charge in [-0.25, -0.2) is 15.0 Å². The molecule has 0 bridgehead atoms. The van der Waals surface area contributed by atoms with Gasteiger partial charge < -0.3 is 4.57 Å². The standard InChI is InChI=1S/C48H28N6/c1-3-13-29(14-4-1)46-49-44-35-19-7-8-20-36(35)45-43(44)47(51-46)52-48(50-45)54-40-22-12-10-18-34(40)38-28-31(24-26-42(38)54)30-23-25-41-37(27-30)33-17-9-11-21-39(33)53(41)32-15-5-2-6-16-32/h1-28H. The van der Waals surface area contributed by atoms with Crippen molar-refractivity contribution in [3.8, 4) is 56.7 Å². The molecular weight excluding hydrogens is 661 g/mol. The van der Waals surface area contributed by atoms with Gasteiger partial charge in [0.2, 0.25) is 5.95 Å². The molecule has 0 N–H and O–H groups in total. The van der Waals surface area contributed by atoms with Crippen LogP contribution in [-0.4, -0.2) is 29.1 Å². The number of nitrogens with zero attached hydrogens (tertiary/aromatic N) is 6. The summed E-state index contributed by atoms with van der Waals surface area (Å²) in [6.45, 7) is 0. The van der Waals surface area contributed by atoms with Crippen LogP contribution in [0.15, 0.2) is 170 Å². The molecule has 1 aliphatic rings. The lowest BCUT2D eigenvalue weighted by Gasteiger charge is -2.10. The maximum atomic E-state index is 5.30. The third kappa shape index (κ3) is 4.10. The summed E-state index contributed by atoms with van der Waals surface area (Å²) in [4.78, 5) is 20.6. The van der Waals surface area contributed by atoms with Crippen molar-refractivity contribution in [3.63, 3.8) is 0 Å². The molecule has 0 unspecified atom stereocenters. The van der Waals surface area contributed by atoms with Gasteiger partial charge in [0.1, 0.15) is 0 Å². The first-order valence-corrected chi connectivity index (χ1v) is 18.2. The lowest BCUT2D eigenvalue weighted by molar-refractivity contribution is 1.00. The summed E-state index contributed by atoms with van der Waals surface area (Å²) in [6.07, 6.45) is 0. The first-order valence-electron chi connectivity index (χ1n) is 18.2. The Balaban J connectivity index is 1.07. The Kier molecular flexibility index (Phi) is 5.96. The second-order valence-corrected chi connectivity index (χ2v) is 13.9. The fourth-order valence-electron chi connectivity index (χ4n) is 8.50. The van der Waals surface area contributed by atoms with Crippen LogP contribution in [0.4, 0.5) is 0 Å². The zero-order chi connectivity index (χ0) is 35.3. The molecule has 0 amide bonds. The van der Waals surface area contributed by atoms with Crippen LogP contribution in [0, 0.1) is 0 Å². The van der Waals surface area contributed by atoms with Gasteiger partial charge in [-0.3, -0.25) is 4.57 Å². The maximum Gasteiger partial charge on any atom is 0.237 e. The summed E-state index contributed by atoms with van der Waals surface area (Å²) in [7, 11) is 0. The molecule has 250 valence electrons. The van der Waals surface area contributed by atoms with E-state index in [1.165, 1.54) is 27.4 Å². The molecule has 4 aromatic heterocycles. The summed E-state index contributed by atoms with van der Waals surface area (Å²) in [5.74, 6) is 1.24. The molecule has 0 saturated carbocycles. The summed E-state index contributed by atoms with van der Waals surface area (Å²) in [5, 5.41) is 5.65. The second-order valence-electron chi connectivity index (χ2n) is 13.9. The molecule has 0 fully saturated rings. The molecule has 0 radical (unpaired) electrons. The first kappa shape index (κ1) is 29.2. The third-order valence-electron chi connectivity index (χ3n) is 10.9. The van der Waals surface area contributed by atoms with Crippen LogP contribution in [0.1, 0.15) is 0 Å². The van der Waals surface area contributed by atoms with Crippen LogP contribution in [0.3, 0.4) is 0 Å². The van der Waals surface area contributed by atoms with Crippen LogP contribution in [0.5, 0.6) is 0 Å². The average molecular weight is 689 g/mol. The van der Waals surface area contributed by atoms with Crippen LogP contribution in [-0.2, 0) is 0 Å². The largest absolute Gasteiger partial charge is 0.309 e. The van der Waals surface area contributed by atoms with E-state index in [-0.39, 0.29) is 0 Å². The molecule has 1 aliphatic carbocycles. The molecule has 4 heterocycles. The van der Waals surface area contributed by atoms with Gasteiger partial charge in [-0.15, -0.1) is 0 Å². The lowest BCUT2D eigenvalue weighted by Crippen LogP contribution is -2.04. The molecule has 12 rings (SSSR count). The summed E-state index contributed by atoms with van der Waals surface area (Å²) in [5.41, 5.74) is 13.4. The van der Waals surface area contributed by atoms with Crippen LogP contribution in [0.2, 0.25) is 0 Å². The smallest absolute Gasteiger partial charge is 0.237 e. The highest BCUT2D eigenvalue weighted by Crippen LogP contribution is 2.46. The van der Waals surface area contributed by atoms with Crippen LogP contribution in [0.25, 0.3) is 111 Å². The maximum absolute atomic E-state index is 5.30. The van der Waals surface area contributed by atoms with E-state index in [2.05, 4.69) is 149 Å². The number of rotatable bonds is 4. The summed E-state index contributed by atoms with van der Waals surface area (Å²) < 4.78 is 4.54. The highest BCUT2D eigenvalue weighted by Gasteiger charge is 2.28. The molecule has 0 spiro atoms. The monoisotopic (exact) mass is 688 g/mol. The fraction of sp³-hybridized carbons (Fsp3) is 0. The molecule has 11 aromatic rings. The lowest BCUT2D eigenvalue weighted by atomic mass is 10.0.